The lowest BCUT2D eigenvalue weighted by Crippen LogP contribution is -2.44. The number of aryl methyl sites for hydroxylation is 1. The highest BCUT2D eigenvalue weighted by Crippen LogP contribution is 2.10. The molecule has 0 spiro atoms. The Morgan fingerprint density at radius 1 is 1.38 bits per heavy atom. The molecule has 0 amide bonds. The van der Waals surface area contributed by atoms with E-state index in [0.717, 1.165) is 25.9 Å². The molecule has 7 heteroatoms. The molecule has 0 radical (unpaired) electrons. The predicted octanol–water partition coefficient (Wildman–Crippen LogP) is 0.397. The van der Waals surface area contributed by atoms with E-state index in [1.165, 1.54) is 12.6 Å². The first kappa shape index (κ1) is 11.6. The van der Waals surface area contributed by atoms with Gasteiger partial charge in [0.1, 0.15) is 5.82 Å². The second kappa shape index (κ2) is 4.52. The molecule has 2 heterocycles. The highest BCUT2D eigenvalue weighted by Gasteiger charge is 2.21. The van der Waals surface area contributed by atoms with E-state index in [1.54, 1.807) is 11.9 Å². The summed E-state index contributed by atoms with van der Waals surface area (Å²) in [6.45, 7) is 3.26. The van der Waals surface area contributed by atoms with E-state index in [4.69, 9.17) is 0 Å². The summed E-state index contributed by atoms with van der Waals surface area (Å²) in [5, 5.41) is 1.87. The van der Waals surface area contributed by atoms with Crippen LogP contribution in [0, 0.1) is 6.92 Å². The Kier molecular flexibility index (Phi) is 3.27. The topological polar surface area (TPSA) is 78.1 Å². The average molecular weight is 244 g/mol. The average Bonchev–Trinajstić information content (AvgIpc) is 2.66. The highest BCUT2D eigenvalue weighted by atomic mass is 32.2. The van der Waals surface area contributed by atoms with Gasteiger partial charge in [0.15, 0.2) is 5.03 Å². The molecule has 1 aliphatic heterocycles. The van der Waals surface area contributed by atoms with Crippen molar-refractivity contribution in [1.82, 2.24) is 19.8 Å². The normalized spacial score (nSPS) is 18.8. The molecule has 1 aliphatic rings. The monoisotopic (exact) mass is 244 g/mol. The summed E-state index contributed by atoms with van der Waals surface area (Å²) in [4.78, 5) is 9.16. The molecule has 2 N–H and O–H groups in total. The third-order valence-corrected chi connectivity index (χ3v) is 3.86. The molecule has 6 nitrogen and oxygen atoms in total. The second-order valence-corrected chi connectivity index (χ2v) is 5.60. The van der Waals surface area contributed by atoms with Crippen LogP contribution in [0.15, 0.2) is 11.2 Å². The number of piperidine rings is 1. The van der Waals surface area contributed by atoms with Crippen LogP contribution >= 0.6 is 0 Å². The quantitative estimate of drug-likeness (QED) is 0.806. The number of aromatic amines is 1. The van der Waals surface area contributed by atoms with Crippen LogP contribution in [0.5, 0.6) is 0 Å². The van der Waals surface area contributed by atoms with E-state index in [1.807, 2.05) is 0 Å². The molecule has 1 fully saturated rings. The standard InChI is InChI=1S/C9H16N4O2S/c1-8-10-7-9(11-8)16(14,15)12-13-5-3-2-4-6-13/h7,12H,2-6H2,1H3,(H,10,11). The fraction of sp³-hybridized carbons (Fsp3) is 0.667. The van der Waals surface area contributed by atoms with Gasteiger partial charge < -0.3 is 4.98 Å². The minimum absolute atomic E-state index is 0.121. The van der Waals surface area contributed by atoms with Crippen molar-refractivity contribution in [2.75, 3.05) is 13.1 Å². The van der Waals surface area contributed by atoms with Gasteiger partial charge in [-0.15, -0.1) is 4.83 Å². The molecule has 1 saturated heterocycles. The summed E-state index contributed by atoms with van der Waals surface area (Å²) in [5.74, 6) is 0.596. The Balaban J connectivity index is 2.07. The molecule has 0 unspecified atom stereocenters. The summed E-state index contributed by atoms with van der Waals surface area (Å²) in [6, 6.07) is 0. The highest BCUT2D eigenvalue weighted by molar-refractivity contribution is 7.89. The number of hydrogen-bond donors (Lipinski definition) is 2. The van der Waals surface area contributed by atoms with Gasteiger partial charge in [0.05, 0.1) is 6.20 Å². The lowest BCUT2D eigenvalue weighted by atomic mass is 10.2. The van der Waals surface area contributed by atoms with Gasteiger partial charge in [-0.25, -0.2) is 18.4 Å². The van der Waals surface area contributed by atoms with E-state index in [2.05, 4.69) is 14.8 Å². The first-order valence-corrected chi connectivity index (χ1v) is 6.85. The van der Waals surface area contributed by atoms with E-state index in [0.29, 0.717) is 5.82 Å². The van der Waals surface area contributed by atoms with Gasteiger partial charge in [0.2, 0.25) is 0 Å². The third kappa shape index (κ3) is 2.60. The minimum atomic E-state index is -3.48. The van der Waals surface area contributed by atoms with E-state index >= 15 is 0 Å². The van der Waals surface area contributed by atoms with Crippen molar-refractivity contribution in [3.8, 4) is 0 Å². The second-order valence-electron chi connectivity index (χ2n) is 3.98. The van der Waals surface area contributed by atoms with E-state index in [-0.39, 0.29) is 5.03 Å². The van der Waals surface area contributed by atoms with Gasteiger partial charge in [-0.3, -0.25) is 0 Å². The zero-order valence-corrected chi connectivity index (χ0v) is 10.0. The SMILES string of the molecule is Cc1ncc(S(=O)(=O)NN2CCCCC2)[nH]1. The molecule has 2 rings (SSSR count). The molecule has 16 heavy (non-hydrogen) atoms. The van der Waals surface area contributed by atoms with Gasteiger partial charge in [0.25, 0.3) is 10.0 Å². The number of H-pyrrole nitrogens is 1. The summed E-state index contributed by atoms with van der Waals surface area (Å²) in [7, 11) is -3.48. The number of sulfonamides is 1. The predicted molar refractivity (Wildman–Crippen MR) is 59.1 cm³/mol. The molecule has 1 aromatic heterocycles. The first-order chi connectivity index (χ1) is 7.58. The maximum atomic E-state index is 11.9. The fourth-order valence-corrected chi connectivity index (χ4v) is 2.83. The van der Waals surface area contributed by atoms with Crippen molar-refractivity contribution in [3.05, 3.63) is 12.0 Å². The number of rotatable bonds is 3. The van der Waals surface area contributed by atoms with Gasteiger partial charge >= 0.3 is 0 Å². The Morgan fingerprint density at radius 3 is 2.62 bits per heavy atom. The van der Waals surface area contributed by atoms with Crippen molar-refractivity contribution in [1.29, 1.82) is 0 Å². The van der Waals surface area contributed by atoms with Crippen molar-refractivity contribution >= 4 is 10.0 Å². The molecule has 0 atom stereocenters. The number of imidazole rings is 1. The van der Waals surface area contributed by atoms with Gasteiger partial charge in [0, 0.05) is 13.1 Å². The van der Waals surface area contributed by atoms with E-state index in [9.17, 15) is 8.42 Å². The number of hydrazine groups is 1. The summed E-state index contributed by atoms with van der Waals surface area (Å²) in [5.41, 5.74) is 0. The van der Waals surface area contributed by atoms with Crippen LogP contribution < -0.4 is 4.83 Å². The number of hydrogen-bond acceptors (Lipinski definition) is 4. The van der Waals surface area contributed by atoms with Crippen LogP contribution in [0.25, 0.3) is 0 Å². The number of nitrogens with one attached hydrogen (secondary N) is 2. The molecule has 0 aromatic carbocycles. The van der Waals surface area contributed by atoms with Gasteiger partial charge in [-0.2, -0.15) is 0 Å². The third-order valence-electron chi connectivity index (χ3n) is 2.57. The Morgan fingerprint density at radius 2 is 2.06 bits per heavy atom. The van der Waals surface area contributed by atoms with Crippen LogP contribution in [-0.4, -0.2) is 36.5 Å². The molecular formula is C9H16N4O2S. The van der Waals surface area contributed by atoms with Crippen molar-refractivity contribution in [2.45, 2.75) is 31.2 Å². The number of aromatic nitrogens is 2. The zero-order chi connectivity index (χ0) is 11.6. The fourth-order valence-electron chi connectivity index (χ4n) is 1.74. The van der Waals surface area contributed by atoms with Crippen molar-refractivity contribution in [3.63, 3.8) is 0 Å². The van der Waals surface area contributed by atoms with Gasteiger partial charge in [-0.05, 0) is 19.8 Å². The number of nitrogens with zero attached hydrogens (tertiary/aromatic N) is 2. The van der Waals surface area contributed by atoms with Crippen molar-refractivity contribution < 1.29 is 8.42 Å². The summed E-state index contributed by atoms with van der Waals surface area (Å²) in [6.07, 6.45) is 4.57. The summed E-state index contributed by atoms with van der Waals surface area (Å²) >= 11 is 0. The van der Waals surface area contributed by atoms with Crippen LogP contribution in [0.3, 0.4) is 0 Å². The maximum Gasteiger partial charge on any atom is 0.270 e. The summed E-state index contributed by atoms with van der Waals surface area (Å²) < 4.78 is 23.8. The zero-order valence-electron chi connectivity index (χ0n) is 9.23. The Hall–Kier alpha value is -0.920. The van der Waals surface area contributed by atoms with Crippen LogP contribution in [-0.2, 0) is 10.0 Å². The lowest BCUT2D eigenvalue weighted by Gasteiger charge is -2.26. The maximum absolute atomic E-state index is 11.9. The van der Waals surface area contributed by atoms with Crippen LogP contribution in [0.1, 0.15) is 25.1 Å². The first-order valence-electron chi connectivity index (χ1n) is 5.37. The molecule has 1 aromatic rings. The van der Waals surface area contributed by atoms with Crippen LogP contribution in [0.2, 0.25) is 0 Å². The lowest BCUT2D eigenvalue weighted by molar-refractivity contribution is 0.199. The molecule has 0 bridgehead atoms. The van der Waals surface area contributed by atoms with Crippen LogP contribution in [0.4, 0.5) is 0 Å². The smallest absolute Gasteiger partial charge is 0.270 e. The Labute approximate surface area is 95.1 Å². The van der Waals surface area contributed by atoms with Gasteiger partial charge in [-0.1, -0.05) is 6.42 Å². The molecule has 0 saturated carbocycles. The van der Waals surface area contributed by atoms with E-state index < -0.39 is 10.0 Å². The van der Waals surface area contributed by atoms with Crippen molar-refractivity contribution in [2.24, 2.45) is 0 Å². The molecular weight excluding hydrogens is 228 g/mol. The largest absolute Gasteiger partial charge is 0.332 e. The minimum Gasteiger partial charge on any atom is -0.332 e. The Bertz CT molecular complexity index is 448. The molecule has 0 aliphatic carbocycles. The molecule has 90 valence electrons.